The first-order valence-electron chi connectivity index (χ1n) is 10.3. The fraction of sp³-hybridized carbons (Fsp3) is 0.167. The average Bonchev–Trinajstić information content (AvgIpc) is 3.49. The molecule has 3 aromatic carbocycles. The molecule has 1 aliphatic rings. The van der Waals surface area contributed by atoms with Gasteiger partial charge in [-0.25, -0.2) is 0 Å². The van der Waals surface area contributed by atoms with Gasteiger partial charge < -0.3 is 4.90 Å². The van der Waals surface area contributed by atoms with Crippen LogP contribution in [-0.2, 0) is 4.79 Å². The lowest BCUT2D eigenvalue weighted by Crippen LogP contribution is -2.43. The Morgan fingerprint density at radius 2 is 1.78 bits per heavy atom. The summed E-state index contributed by atoms with van der Waals surface area (Å²) in [5.41, 5.74) is 1.55. The summed E-state index contributed by atoms with van der Waals surface area (Å²) in [4.78, 5) is 28.1. The highest BCUT2D eigenvalue weighted by atomic mass is 79.9. The van der Waals surface area contributed by atoms with E-state index < -0.39 is 6.04 Å². The van der Waals surface area contributed by atoms with Crippen LogP contribution in [0.5, 0.6) is 0 Å². The van der Waals surface area contributed by atoms with Gasteiger partial charge in [0.25, 0.3) is 5.91 Å². The van der Waals surface area contributed by atoms with Crippen molar-refractivity contribution in [3.63, 3.8) is 0 Å². The summed E-state index contributed by atoms with van der Waals surface area (Å²) in [6, 6.07) is 20.7. The van der Waals surface area contributed by atoms with Crippen LogP contribution in [0.1, 0.15) is 23.2 Å². The summed E-state index contributed by atoms with van der Waals surface area (Å²) >= 11 is 4.73. The van der Waals surface area contributed by atoms with Gasteiger partial charge in [0.1, 0.15) is 11.0 Å². The molecule has 0 radical (unpaired) electrons. The summed E-state index contributed by atoms with van der Waals surface area (Å²) in [7, 11) is 0. The van der Waals surface area contributed by atoms with E-state index in [2.05, 4.69) is 31.4 Å². The highest BCUT2D eigenvalue weighted by Crippen LogP contribution is 2.29. The maximum absolute atomic E-state index is 13.4. The number of hydrogen-bond donors (Lipinski definition) is 1. The molecule has 4 aromatic rings. The molecule has 160 valence electrons. The normalized spacial score (nSPS) is 15.8. The number of nitrogens with one attached hydrogen (secondary N) is 1. The maximum Gasteiger partial charge on any atom is 0.255 e. The minimum atomic E-state index is -0.526. The number of likely N-dealkylation sites (tertiary alicyclic amines) is 1. The van der Waals surface area contributed by atoms with Gasteiger partial charge in [0.2, 0.25) is 11.0 Å². The Kier molecular flexibility index (Phi) is 5.71. The molecule has 5 rings (SSSR count). The van der Waals surface area contributed by atoms with Crippen LogP contribution >= 0.6 is 27.3 Å². The zero-order valence-corrected chi connectivity index (χ0v) is 19.4. The van der Waals surface area contributed by atoms with E-state index in [0.717, 1.165) is 32.2 Å². The molecule has 0 saturated carbocycles. The van der Waals surface area contributed by atoms with Crippen molar-refractivity contribution in [2.45, 2.75) is 18.9 Å². The van der Waals surface area contributed by atoms with Gasteiger partial charge in [-0.1, -0.05) is 75.8 Å². The Bertz CT molecular complexity index is 1300. The molecule has 6 nitrogen and oxygen atoms in total. The number of benzene rings is 3. The molecular formula is C24H19BrN4O2S. The van der Waals surface area contributed by atoms with Crippen molar-refractivity contribution in [1.29, 1.82) is 0 Å². The zero-order valence-electron chi connectivity index (χ0n) is 17.0. The number of hydrogen-bond acceptors (Lipinski definition) is 5. The van der Waals surface area contributed by atoms with Gasteiger partial charge in [0, 0.05) is 22.1 Å². The lowest BCUT2D eigenvalue weighted by molar-refractivity contribution is -0.119. The summed E-state index contributed by atoms with van der Waals surface area (Å²) in [6.45, 7) is 0.556. The minimum Gasteiger partial charge on any atom is -0.327 e. The van der Waals surface area contributed by atoms with Crippen LogP contribution in [0.2, 0.25) is 0 Å². The van der Waals surface area contributed by atoms with E-state index >= 15 is 0 Å². The van der Waals surface area contributed by atoms with Crippen molar-refractivity contribution in [1.82, 2.24) is 15.1 Å². The topological polar surface area (TPSA) is 75.2 Å². The Morgan fingerprint density at radius 1 is 1.00 bits per heavy atom. The lowest BCUT2D eigenvalue weighted by Gasteiger charge is -2.24. The van der Waals surface area contributed by atoms with Crippen LogP contribution in [0.3, 0.4) is 0 Å². The fourth-order valence-electron chi connectivity index (χ4n) is 4.02. The Labute approximate surface area is 197 Å². The Balaban J connectivity index is 1.34. The lowest BCUT2D eigenvalue weighted by atomic mass is 10.0. The summed E-state index contributed by atoms with van der Waals surface area (Å²) in [5.74, 6) is -0.346. The average molecular weight is 507 g/mol. The summed E-state index contributed by atoms with van der Waals surface area (Å²) in [5, 5.41) is 14.2. The number of anilines is 1. The molecule has 1 atom stereocenters. The number of rotatable bonds is 4. The molecule has 0 aliphatic carbocycles. The van der Waals surface area contributed by atoms with Crippen LogP contribution in [-0.4, -0.2) is 39.5 Å². The van der Waals surface area contributed by atoms with E-state index in [1.807, 2.05) is 66.7 Å². The van der Waals surface area contributed by atoms with Gasteiger partial charge in [-0.15, -0.1) is 10.2 Å². The molecule has 1 saturated heterocycles. The third kappa shape index (κ3) is 4.03. The monoisotopic (exact) mass is 506 g/mol. The van der Waals surface area contributed by atoms with Gasteiger partial charge in [-0.2, -0.15) is 0 Å². The predicted molar refractivity (Wildman–Crippen MR) is 130 cm³/mol. The number of carbonyl (C=O) groups is 2. The molecular weight excluding hydrogens is 488 g/mol. The smallest absolute Gasteiger partial charge is 0.255 e. The molecule has 2 heterocycles. The molecule has 2 amide bonds. The molecule has 32 heavy (non-hydrogen) atoms. The minimum absolute atomic E-state index is 0.118. The Morgan fingerprint density at radius 3 is 2.62 bits per heavy atom. The number of nitrogens with zero attached hydrogens (tertiary/aromatic N) is 3. The first-order chi connectivity index (χ1) is 15.6. The number of carbonyl (C=O) groups excluding carboxylic acids is 2. The Hall–Kier alpha value is -3.10. The molecule has 1 unspecified atom stereocenters. The van der Waals surface area contributed by atoms with Crippen LogP contribution < -0.4 is 5.32 Å². The molecule has 0 bridgehead atoms. The number of halogens is 1. The van der Waals surface area contributed by atoms with E-state index in [-0.39, 0.29) is 11.8 Å². The number of aromatic nitrogens is 2. The van der Waals surface area contributed by atoms with Crippen LogP contribution in [0.25, 0.3) is 21.3 Å². The van der Waals surface area contributed by atoms with E-state index in [9.17, 15) is 9.59 Å². The summed E-state index contributed by atoms with van der Waals surface area (Å²) in [6.07, 6.45) is 1.41. The van der Waals surface area contributed by atoms with Crippen molar-refractivity contribution in [2.24, 2.45) is 0 Å². The van der Waals surface area contributed by atoms with E-state index in [4.69, 9.17) is 0 Å². The van der Waals surface area contributed by atoms with Gasteiger partial charge >= 0.3 is 0 Å². The molecule has 1 N–H and O–H groups in total. The quantitative estimate of drug-likeness (QED) is 0.404. The zero-order chi connectivity index (χ0) is 22.1. The van der Waals surface area contributed by atoms with E-state index in [1.165, 1.54) is 11.3 Å². The highest BCUT2D eigenvalue weighted by Gasteiger charge is 2.35. The second-order valence-corrected chi connectivity index (χ2v) is 9.48. The third-order valence-electron chi connectivity index (χ3n) is 5.58. The van der Waals surface area contributed by atoms with Crippen molar-refractivity contribution < 1.29 is 9.59 Å². The first kappa shape index (κ1) is 20.8. The van der Waals surface area contributed by atoms with E-state index in [1.54, 1.807) is 4.90 Å². The number of amides is 2. The van der Waals surface area contributed by atoms with Gasteiger partial charge in [0.15, 0.2) is 0 Å². The van der Waals surface area contributed by atoms with Crippen LogP contribution in [0.15, 0.2) is 71.2 Å². The largest absolute Gasteiger partial charge is 0.327 e. The summed E-state index contributed by atoms with van der Waals surface area (Å²) < 4.78 is 0.983. The SMILES string of the molecule is O=C(Nc1nnc(-c2ccc(Br)cc2)s1)C1CCCN1C(=O)c1cccc2ccccc12. The van der Waals surface area contributed by atoms with Gasteiger partial charge in [-0.05, 0) is 41.8 Å². The van der Waals surface area contributed by atoms with Crippen LogP contribution in [0.4, 0.5) is 5.13 Å². The van der Waals surface area contributed by atoms with Crippen molar-refractivity contribution >= 4 is 55.0 Å². The predicted octanol–water partition coefficient (Wildman–Crippen LogP) is 5.36. The molecule has 8 heteroatoms. The van der Waals surface area contributed by atoms with Crippen LogP contribution in [0, 0.1) is 0 Å². The van der Waals surface area contributed by atoms with Gasteiger partial charge in [-0.3, -0.25) is 14.9 Å². The molecule has 0 spiro atoms. The van der Waals surface area contributed by atoms with E-state index in [0.29, 0.717) is 23.7 Å². The second-order valence-electron chi connectivity index (χ2n) is 7.59. The maximum atomic E-state index is 13.4. The van der Waals surface area contributed by atoms with Crippen molar-refractivity contribution in [3.8, 4) is 10.6 Å². The first-order valence-corrected chi connectivity index (χ1v) is 11.9. The van der Waals surface area contributed by atoms with Crippen molar-refractivity contribution in [2.75, 3.05) is 11.9 Å². The highest BCUT2D eigenvalue weighted by molar-refractivity contribution is 9.10. The molecule has 1 aliphatic heterocycles. The third-order valence-corrected chi connectivity index (χ3v) is 7.00. The van der Waals surface area contributed by atoms with Crippen molar-refractivity contribution in [3.05, 3.63) is 76.8 Å². The fourth-order valence-corrected chi connectivity index (χ4v) is 5.04. The second kappa shape index (κ2) is 8.80. The van der Waals surface area contributed by atoms with Gasteiger partial charge in [0.05, 0.1) is 0 Å². The standard InChI is InChI=1S/C24H19BrN4O2S/c25-17-12-10-16(11-13-17)22-27-28-24(32-22)26-21(30)20-9-4-14-29(20)23(31)19-8-3-6-15-5-1-2-7-18(15)19/h1-3,5-8,10-13,20H,4,9,14H2,(H,26,28,30). The molecule has 1 fully saturated rings. The molecule has 1 aromatic heterocycles. The number of fused-ring (bicyclic) bond motifs is 1.